The first-order valence-electron chi connectivity index (χ1n) is 4.41. The van der Waals surface area contributed by atoms with E-state index in [1.54, 1.807) is 31.2 Å². The van der Waals surface area contributed by atoms with Crippen LogP contribution in [-0.4, -0.2) is 17.5 Å². The van der Waals surface area contributed by atoms with Crippen molar-refractivity contribution in [3.63, 3.8) is 0 Å². The predicted molar refractivity (Wildman–Crippen MR) is 64.8 cm³/mol. The molecule has 0 spiro atoms. The molecule has 82 valence electrons. The first kappa shape index (κ1) is 12.3. The van der Waals surface area contributed by atoms with Crippen molar-refractivity contribution < 1.29 is 9.53 Å². The van der Waals surface area contributed by atoms with Crippen LogP contribution in [0.25, 0.3) is 0 Å². The highest BCUT2D eigenvalue weighted by molar-refractivity contribution is 9.09. The Balaban J connectivity index is 2.55. The fourth-order valence-electron chi connectivity index (χ4n) is 0.916. The molecule has 1 aromatic rings. The molecular weight excluding hydrogens is 281 g/mol. The summed E-state index contributed by atoms with van der Waals surface area (Å²) in [6.07, 6.45) is -0.678. The molecule has 0 aliphatic heterocycles. The maximum Gasteiger partial charge on any atom is 0.411 e. The van der Waals surface area contributed by atoms with Gasteiger partial charge in [-0.15, -0.1) is 0 Å². The number of amides is 1. The zero-order valence-corrected chi connectivity index (χ0v) is 10.5. The number of anilines is 1. The maximum absolute atomic E-state index is 11.3. The van der Waals surface area contributed by atoms with E-state index >= 15 is 0 Å². The van der Waals surface area contributed by atoms with Gasteiger partial charge in [0.25, 0.3) is 0 Å². The standard InChI is InChI=1S/C10H11BrClNO2/c1-7(6-11)15-10(14)13-9-5-3-2-4-8(9)12/h2-5,7H,6H2,1H3,(H,13,14). The minimum absolute atomic E-state index is 0.174. The van der Waals surface area contributed by atoms with E-state index in [2.05, 4.69) is 21.2 Å². The van der Waals surface area contributed by atoms with Crippen LogP contribution in [0.5, 0.6) is 0 Å². The summed E-state index contributed by atoms with van der Waals surface area (Å²) in [5, 5.41) is 3.65. The van der Waals surface area contributed by atoms with Crippen LogP contribution in [0.4, 0.5) is 10.5 Å². The fourth-order valence-corrected chi connectivity index (χ4v) is 1.23. The van der Waals surface area contributed by atoms with Crippen LogP contribution in [0.1, 0.15) is 6.92 Å². The molecule has 0 saturated heterocycles. The van der Waals surface area contributed by atoms with Gasteiger partial charge in [-0.25, -0.2) is 4.79 Å². The number of hydrogen-bond donors (Lipinski definition) is 1. The number of para-hydroxylation sites is 1. The minimum Gasteiger partial charge on any atom is -0.445 e. The number of ether oxygens (including phenoxy) is 1. The van der Waals surface area contributed by atoms with Crippen molar-refractivity contribution in [2.45, 2.75) is 13.0 Å². The molecule has 3 nitrogen and oxygen atoms in total. The lowest BCUT2D eigenvalue weighted by Gasteiger charge is -2.11. The molecule has 0 aliphatic carbocycles. The van der Waals surface area contributed by atoms with Crippen molar-refractivity contribution in [3.05, 3.63) is 29.3 Å². The lowest BCUT2D eigenvalue weighted by Crippen LogP contribution is -2.21. The second-order valence-corrected chi connectivity index (χ2v) is 4.03. The van der Waals surface area contributed by atoms with E-state index in [1.165, 1.54) is 0 Å². The van der Waals surface area contributed by atoms with Crippen molar-refractivity contribution >= 4 is 39.3 Å². The Morgan fingerprint density at radius 1 is 1.60 bits per heavy atom. The third-order valence-electron chi connectivity index (χ3n) is 1.64. The average Bonchev–Trinajstić information content (AvgIpc) is 2.21. The highest BCUT2D eigenvalue weighted by Crippen LogP contribution is 2.20. The summed E-state index contributed by atoms with van der Waals surface area (Å²) in [6, 6.07) is 6.99. The summed E-state index contributed by atoms with van der Waals surface area (Å²) in [7, 11) is 0. The topological polar surface area (TPSA) is 38.3 Å². The van der Waals surface area contributed by atoms with E-state index < -0.39 is 6.09 Å². The molecule has 1 unspecified atom stereocenters. The van der Waals surface area contributed by atoms with E-state index in [0.717, 1.165) is 0 Å². The highest BCUT2D eigenvalue weighted by Gasteiger charge is 2.09. The zero-order valence-electron chi connectivity index (χ0n) is 8.17. The Kier molecular flexibility index (Phi) is 4.91. The second-order valence-electron chi connectivity index (χ2n) is 2.98. The number of carbonyl (C=O) groups excluding carboxylic acids is 1. The summed E-state index contributed by atoms with van der Waals surface area (Å²) in [4.78, 5) is 11.3. The van der Waals surface area contributed by atoms with Gasteiger partial charge in [0.05, 0.1) is 10.7 Å². The van der Waals surface area contributed by atoms with E-state index in [1.807, 2.05) is 0 Å². The van der Waals surface area contributed by atoms with Crippen LogP contribution in [0.3, 0.4) is 0 Å². The van der Waals surface area contributed by atoms with E-state index in [0.29, 0.717) is 16.0 Å². The maximum atomic E-state index is 11.3. The number of benzene rings is 1. The smallest absolute Gasteiger partial charge is 0.411 e. The summed E-state index contributed by atoms with van der Waals surface area (Å²) in [5.74, 6) is 0. The molecule has 1 rings (SSSR count). The van der Waals surface area contributed by atoms with Gasteiger partial charge in [-0.05, 0) is 19.1 Å². The summed E-state index contributed by atoms with van der Waals surface area (Å²) in [5.41, 5.74) is 0.547. The van der Waals surface area contributed by atoms with Gasteiger partial charge in [-0.2, -0.15) is 0 Å². The normalized spacial score (nSPS) is 11.9. The largest absolute Gasteiger partial charge is 0.445 e. The van der Waals surface area contributed by atoms with Crippen LogP contribution in [0.2, 0.25) is 5.02 Å². The SMILES string of the molecule is CC(CBr)OC(=O)Nc1ccccc1Cl. The van der Waals surface area contributed by atoms with Gasteiger partial charge in [-0.3, -0.25) is 5.32 Å². The third-order valence-corrected chi connectivity index (χ3v) is 2.88. The molecule has 5 heteroatoms. The molecule has 0 radical (unpaired) electrons. The quantitative estimate of drug-likeness (QED) is 0.863. The van der Waals surface area contributed by atoms with Crippen molar-refractivity contribution in [2.75, 3.05) is 10.6 Å². The fraction of sp³-hybridized carbons (Fsp3) is 0.300. The molecule has 0 bridgehead atoms. The Hall–Kier alpha value is -0.740. The predicted octanol–water partition coefficient (Wildman–Crippen LogP) is 3.67. The number of rotatable bonds is 3. The number of hydrogen-bond acceptors (Lipinski definition) is 2. The van der Waals surface area contributed by atoms with Gasteiger partial charge in [0, 0.05) is 5.33 Å². The van der Waals surface area contributed by atoms with Crippen molar-refractivity contribution in [2.24, 2.45) is 0 Å². The van der Waals surface area contributed by atoms with Gasteiger partial charge < -0.3 is 4.74 Å². The average molecular weight is 293 g/mol. The molecule has 0 aromatic heterocycles. The Bertz CT molecular complexity index is 346. The molecule has 1 atom stereocenters. The van der Waals surface area contributed by atoms with E-state index in [9.17, 15) is 4.79 Å². The van der Waals surface area contributed by atoms with E-state index in [4.69, 9.17) is 16.3 Å². The van der Waals surface area contributed by atoms with Gasteiger partial charge in [0.15, 0.2) is 0 Å². The molecule has 0 aliphatic rings. The number of nitrogens with one attached hydrogen (secondary N) is 1. The van der Waals surface area contributed by atoms with Gasteiger partial charge >= 0.3 is 6.09 Å². The summed E-state index contributed by atoms with van der Waals surface area (Å²) in [6.45, 7) is 1.79. The second kappa shape index (κ2) is 5.98. The zero-order chi connectivity index (χ0) is 11.3. The Morgan fingerprint density at radius 3 is 2.87 bits per heavy atom. The van der Waals surface area contributed by atoms with Gasteiger partial charge in [0.2, 0.25) is 0 Å². The number of alkyl halides is 1. The number of halogens is 2. The van der Waals surface area contributed by atoms with E-state index in [-0.39, 0.29) is 6.10 Å². The molecule has 1 amide bonds. The third kappa shape index (κ3) is 4.10. The lowest BCUT2D eigenvalue weighted by molar-refractivity contribution is 0.132. The molecule has 1 aromatic carbocycles. The van der Waals surface area contributed by atoms with Crippen molar-refractivity contribution in [3.8, 4) is 0 Å². The van der Waals surface area contributed by atoms with Gasteiger partial charge in [0.1, 0.15) is 6.10 Å². The Morgan fingerprint density at radius 2 is 2.27 bits per heavy atom. The van der Waals surface area contributed by atoms with Crippen molar-refractivity contribution in [1.29, 1.82) is 0 Å². The minimum atomic E-state index is -0.505. The van der Waals surface area contributed by atoms with Crippen LogP contribution in [0.15, 0.2) is 24.3 Å². The van der Waals surface area contributed by atoms with Crippen molar-refractivity contribution in [1.82, 2.24) is 0 Å². The van der Waals surface area contributed by atoms with Gasteiger partial charge in [-0.1, -0.05) is 39.7 Å². The molecule has 15 heavy (non-hydrogen) atoms. The molecule has 0 fully saturated rings. The van der Waals surface area contributed by atoms with Crippen LogP contribution in [0, 0.1) is 0 Å². The highest BCUT2D eigenvalue weighted by atomic mass is 79.9. The molecule has 1 N–H and O–H groups in total. The molecule has 0 heterocycles. The molecule has 0 saturated carbocycles. The van der Waals surface area contributed by atoms with Crippen LogP contribution < -0.4 is 5.32 Å². The first-order chi connectivity index (χ1) is 7.13. The first-order valence-corrected chi connectivity index (χ1v) is 5.91. The molecular formula is C10H11BrClNO2. The summed E-state index contributed by atoms with van der Waals surface area (Å²) < 4.78 is 5.00. The van der Waals surface area contributed by atoms with Crippen LogP contribution in [-0.2, 0) is 4.74 Å². The lowest BCUT2D eigenvalue weighted by atomic mass is 10.3. The summed E-state index contributed by atoms with van der Waals surface area (Å²) >= 11 is 9.07. The van der Waals surface area contributed by atoms with Crippen LogP contribution >= 0.6 is 27.5 Å². The number of carbonyl (C=O) groups is 1. The Labute approximate surface area is 102 Å². The monoisotopic (exact) mass is 291 g/mol.